The maximum absolute atomic E-state index is 12.0. The van der Waals surface area contributed by atoms with Gasteiger partial charge in [-0.25, -0.2) is 4.98 Å². The smallest absolute Gasteiger partial charge is 0.235 e. The van der Waals surface area contributed by atoms with Crippen molar-refractivity contribution in [2.75, 3.05) is 11.1 Å². The van der Waals surface area contributed by atoms with E-state index in [4.69, 9.17) is 11.6 Å². The molecule has 1 atom stereocenters. The minimum Gasteiger partial charge on any atom is -0.508 e. The summed E-state index contributed by atoms with van der Waals surface area (Å²) in [6, 6.07) is 14.5. The Morgan fingerprint density at radius 1 is 1.24 bits per heavy atom. The highest BCUT2D eigenvalue weighted by Crippen LogP contribution is 2.42. The minimum atomic E-state index is -0.140. The number of fused-ring (bicyclic) bond motifs is 1. The van der Waals surface area contributed by atoms with Gasteiger partial charge in [0.1, 0.15) is 12.1 Å². The van der Waals surface area contributed by atoms with Crippen molar-refractivity contribution >= 4 is 35.1 Å². The van der Waals surface area contributed by atoms with Gasteiger partial charge in [0, 0.05) is 10.7 Å². The summed E-state index contributed by atoms with van der Waals surface area (Å²) in [6.45, 7) is 0. The summed E-state index contributed by atoms with van der Waals surface area (Å²) in [7, 11) is 0. The Morgan fingerprint density at radius 2 is 2.04 bits per heavy atom. The van der Waals surface area contributed by atoms with Crippen LogP contribution >= 0.6 is 23.4 Å². The van der Waals surface area contributed by atoms with E-state index in [0.717, 1.165) is 16.9 Å². The molecule has 0 aliphatic carbocycles. The molecular formula is C18H14ClN3O2S. The van der Waals surface area contributed by atoms with E-state index in [2.05, 4.69) is 10.3 Å². The molecule has 25 heavy (non-hydrogen) atoms. The number of halogens is 1. The first-order valence-corrected chi connectivity index (χ1v) is 9.08. The number of aromatic hydroxyl groups is 1. The van der Waals surface area contributed by atoms with Crippen molar-refractivity contribution < 1.29 is 9.90 Å². The van der Waals surface area contributed by atoms with E-state index in [1.807, 2.05) is 34.9 Å². The molecule has 1 aromatic heterocycles. The molecule has 1 amide bonds. The number of carbonyl (C=O) groups excluding carboxylic acids is 1. The van der Waals surface area contributed by atoms with E-state index in [-0.39, 0.29) is 16.9 Å². The Morgan fingerprint density at radius 3 is 2.80 bits per heavy atom. The molecule has 1 unspecified atom stereocenters. The molecular weight excluding hydrogens is 358 g/mol. The van der Waals surface area contributed by atoms with Crippen LogP contribution in [0.2, 0.25) is 5.02 Å². The molecule has 3 aromatic rings. The first kappa shape index (κ1) is 16.1. The fourth-order valence-corrected chi connectivity index (χ4v) is 4.10. The van der Waals surface area contributed by atoms with E-state index in [0.29, 0.717) is 16.6 Å². The third-order valence-corrected chi connectivity index (χ3v) is 5.48. The molecule has 0 saturated carbocycles. The fraction of sp³-hybridized carbons (Fsp3) is 0.111. The Kier molecular flexibility index (Phi) is 4.15. The van der Waals surface area contributed by atoms with Gasteiger partial charge in [-0.1, -0.05) is 23.7 Å². The first-order valence-electron chi connectivity index (χ1n) is 7.65. The summed E-state index contributed by atoms with van der Waals surface area (Å²) >= 11 is 7.49. The van der Waals surface area contributed by atoms with Crippen LogP contribution in [0.15, 0.2) is 54.9 Å². The van der Waals surface area contributed by atoms with Crippen molar-refractivity contribution in [1.82, 2.24) is 9.55 Å². The number of aromatic nitrogens is 2. The van der Waals surface area contributed by atoms with Crippen molar-refractivity contribution in [3.8, 4) is 11.4 Å². The zero-order valence-electron chi connectivity index (χ0n) is 13.0. The molecule has 0 radical (unpaired) electrons. The second-order valence-corrected chi connectivity index (χ2v) is 7.19. The van der Waals surface area contributed by atoms with Crippen LogP contribution in [-0.4, -0.2) is 26.3 Å². The van der Waals surface area contributed by atoms with Crippen LogP contribution < -0.4 is 5.32 Å². The summed E-state index contributed by atoms with van der Waals surface area (Å²) in [5, 5.41) is 13.2. The Bertz CT molecular complexity index is 940. The van der Waals surface area contributed by atoms with Gasteiger partial charge in [0.05, 0.1) is 16.7 Å². The molecule has 2 N–H and O–H groups in total. The van der Waals surface area contributed by atoms with Gasteiger partial charge < -0.3 is 10.4 Å². The number of thioether (sulfide) groups is 1. The number of nitrogens with one attached hydrogen (secondary N) is 1. The minimum absolute atomic E-state index is 0.0877. The molecule has 0 spiro atoms. The van der Waals surface area contributed by atoms with Crippen molar-refractivity contribution in [2.24, 2.45) is 0 Å². The van der Waals surface area contributed by atoms with Crippen LogP contribution in [0.4, 0.5) is 5.82 Å². The molecule has 2 heterocycles. The third-order valence-electron chi connectivity index (χ3n) is 3.97. The van der Waals surface area contributed by atoms with Crippen molar-refractivity contribution in [3.63, 3.8) is 0 Å². The highest BCUT2D eigenvalue weighted by Gasteiger charge is 2.29. The van der Waals surface area contributed by atoms with Crippen molar-refractivity contribution in [1.29, 1.82) is 0 Å². The maximum atomic E-state index is 12.0. The number of phenols is 1. The molecule has 0 bridgehead atoms. The van der Waals surface area contributed by atoms with Crippen LogP contribution in [-0.2, 0) is 4.79 Å². The maximum Gasteiger partial charge on any atom is 0.235 e. The van der Waals surface area contributed by atoms with Gasteiger partial charge in [-0.15, -0.1) is 11.8 Å². The average molecular weight is 372 g/mol. The number of hydrogen-bond donors (Lipinski definition) is 2. The molecule has 4 rings (SSSR count). The summed E-state index contributed by atoms with van der Waals surface area (Å²) in [4.78, 5) is 16.4. The number of hydrogen-bond acceptors (Lipinski definition) is 4. The SMILES string of the molecule is O=C1CSC(c2cccc(O)c2)c2c(ncn2-c2ccc(Cl)cc2)N1. The standard InChI is InChI=1S/C18H14ClN3O2S/c19-12-4-6-13(7-5-12)22-10-20-18-16(22)17(25-9-15(24)21-18)11-2-1-3-14(23)8-11/h1-8,10,17,23H,9H2,(H,21,24). The lowest BCUT2D eigenvalue weighted by atomic mass is 10.1. The largest absolute Gasteiger partial charge is 0.508 e. The lowest BCUT2D eigenvalue weighted by Crippen LogP contribution is -2.12. The van der Waals surface area contributed by atoms with E-state index < -0.39 is 0 Å². The van der Waals surface area contributed by atoms with E-state index >= 15 is 0 Å². The van der Waals surface area contributed by atoms with Crippen LogP contribution in [0.5, 0.6) is 5.75 Å². The summed E-state index contributed by atoms with van der Waals surface area (Å²) < 4.78 is 1.94. The van der Waals surface area contributed by atoms with E-state index in [9.17, 15) is 9.90 Å². The molecule has 126 valence electrons. The normalized spacial score (nSPS) is 16.8. The number of rotatable bonds is 2. The quantitative estimate of drug-likeness (QED) is 0.714. The Hall–Kier alpha value is -2.44. The monoisotopic (exact) mass is 371 g/mol. The third kappa shape index (κ3) is 3.10. The predicted molar refractivity (Wildman–Crippen MR) is 99.6 cm³/mol. The molecule has 2 aromatic carbocycles. The second kappa shape index (κ2) is 6.46. The summed E-state index contributed by atoms with van der Waals surface area (Å²) in [5.41, 5.74) is 2.68. The topological polar surface area (TPSA) is 67.1 Å². The molecule has 7 heteroatoms. The van der Waals surface area contributed by atoms with Gasteiger partial charge in [0.25, 0.3) is 0 Å². The second-order valence-electron chi connectivity index (χ2n) is 5.66. The molecule has 1 aliphatic heterocycles. The Labute approximate surface area is 153 Å². The van der Waals surface area contributed by atoms with Crippen LogP contribution in [0.25, 0.3) is 5.69 Å². The van der Waals surface area contributed by atoms with Crippen molar-refractivity contribution in [3.05, 3.63) is 71.1 Å². The number of benzene rings is 2. The number of anilines is 1. The fourth-order valence-electron chi connectivity index (χ4n) is 2.86. The van der Waals surface area contributed by atoms with E-state index in [1.165, 1.54) is 11.8 Å². The van der Waals surface area contributed by atoms with Gasteiger partial charge in [-0.05, 0) is 42.0 Å². The lowest BCUT2D eigenvalue weighted by molar-refractivity contribution is -0.113. The molecule has 1 aliphatic rings. The number of nitrogens with zero attached hydrogens (tertiary/aromatic N) is 2. The highest BCUT2D eigenvalue weighted by atomic mass is 35.5. The molecule has 0 saturated heterocycles. The number of phenolic OH excluding ortho intramolecular Hbond substituents is 1. The lowest BCUT2D eigenvalue weighted by Gasteiger charge is -2.18. The number of carbonyl (C=O) groups is 1. The van der Waals surface area contributed by atoms with Gasteiger partial charge in [-0.2, -0.15) is 0 Å². The van der Waals surface area contributed by atoms with E-state index in [1.54, 1.807) is 24.5 Å². The zero-order chi connectivity index (χ0) is 17.4. The highest BCUT2D eigenvalue weighted by molar-refractivity contribution is 8.00. The van der Waals surface area contributed by atoms with Gasteiger partial charge in [0.15, 0.2) is 5.82 Å². The van der Waals surface area contributed by atoms with Crippen LogP contribution in [0.3, 0.4) is 0 Å². The summed E-state index contributed by atoms with van der Waals surface area (Å²) in [5.74, 6) is 0.964. The van der Waals surface area contributed by atoms with Crippen molar-refractivity contribution in [2.45, 2.75) is 5.25 Å². The first-order chi connectivity index (χ1) is 12.1. The van der Waals surface area contributed by atoms with Gasteiger partial charge in [0.2, 0.25) is 5.91 Å². The van der Waals surface area contributed by atoms with Crippen LogP contribution in [0, 0.1) is 0 Å². The Balaban J connectivity index is 1.88. The average Bonchev–Trinajstić information content (AvgIpc) is 2.91. The molecule has 0 fully saturated rings. The zero-order valence-corrected chi connectivity index (χ0v) is 14.6. The predicted octanol–water partition coefficient (Wildman–Crippen LogP) is 4.01. The van der Waals surface area contributed by atoms with Gasteiger partial charge >= 0.3 is 0 Å². The number of imidazole rings is 1. The summed E-state index contributed by atoms with van der Waals surface area (Å²) in [6.07, 6.45) is 1.69. The van der Waals surface area contributed by atoms with Gasteiger partial charge in [-0.3, -0.25) is 9.36 Å². The number of amides is 1. The van der Waals surface area contributed by atoms with Crippen LogP contribution in [0.1, 0.15) is 16.5 Å². The molecule has 5 nitrogen and oxygen atoms in total.